The summed E-state index contributed by atoms with van der Waals surface area (Å²) in [6, 6.07) is 16.7. The van der Waals surface area contributed by atoms with E-state index in [9.17, 15) is 9.59 Å². The molecule has 0 aliphatic carbocycles. The second kappa shape index (κ2) is 4.78. The average Bonchev–Trinajstić information content (AvgIpc) is 2.73. The summed E-state index contributed by atoms with van der Waals surface area (Å²) in [5.74, 6) is -0.602. The summed E-state index contributed by atoms with van der Waals surface area (Å²) in [7, 11) is 0. The van der Waals surface area contributed by atoms with E-state index in [1.807, 2.05) is 48.5 Å². The highest BCUT2D eigenvalue weighted by atomic mass is 16.2. The van der Waals surface area contributed by atoms with Crippen LogP contribution >= 0.6 is 0 Å². The quantitative estimate of drug-likeness (QED) is 0.741. The Bertz CT molecular complexity index is 717. The van der Waals surface area contributed by atoms with E-state index in [-0.39, 0.29) is 11.8 Å². The van der Waals surface area contributed by atoms with Gasteiger partial charge in [0, 0.05) is 18.6 Å². The van der Waals surface area contributed by atoms with Crippen LogP contribution in [0.25, 0.3) is 5.57 Å². The molecule has 0 saturated carbocycles. The van der Waals surface area contributed by atoms with Gasteiger partial charge in [-0.3, -0.25) is 9.59 Å². The van der Waals surface area contributed by atoms with Gasteiger partial charge in [0.05, 0.1) is 11.3 Å². The molecule has 0 saturated heterocycles. The molecule has 2 aromatic carbocycles. The van der Waals surface area contributed by atoms with Crippen LogP contribution in [0.5, 0.6) is 0 Å². The minimum absolute atomic E-state index is 0.285. The standard InChI is InChI=1S/C17H12NO2/c1-12(19)18-16-10-6-5-9-14(16)15(17(18)20)11-13-7-3-2-4-8-13/h2-10H,1H3. The molecule has 3 rings (SSSR count). The molecule has 2 aromatic rings. The van der Waals surface area contributed by atoms with Crippen molar-refractivity contribution >= 4 is 23.1 Å². The summed E-state index contributed by atoms with van der Waals surface area (Å²) in [6.45, 7) is 1.39. The fourth-order valence-corrected chi connectivity index (χ4v) is 2.32. The number of carbonyl (C=O) groups excluding carboxylic acids is 2. The lowest BCUT2D eigenvalue weighted by Crippen LogP contribution is -2.31. The Morgan fingerprint density at radius 3 is 2.35 bits per heavy atom. The van der Waals surface area contributed by atoms with Crippen LogP contribution in [0.15, 0.2) is 54.6 Å². The maximum atomic E-state index is 12.4. The first kappa shape index (κ1) is 12.4. The summed E-state index contributed by atoms with van der Waals surface area (Å²) in [5.41, 5.74) is 2.62. The van der Waals surface area contributed by atoms with Gasteiger partial charge < -0.3 is 0 Å². The lowest BCUT2D eigenvalue weighted by Gasteiger charge is -2.11. The molecule has 3 heteroatoms. The molecule has 20 heavy (non-hydrogen) atoms. The van der Waals surface area contributed by atoms with E-state index in [1.54, 1.807) is 6.07 Å². The Balaban J connectivity index is 2.16. The highest BCUT2D eigenvalue weighted by Gasteiger charge is 2.34. The number of para-hydroxylation sites is 1. The molecular formula is C17H12NO2. The van der Waals surface area contributed by atoms with Gasteiger partial charge in [0.25, 0.3) is 5.91 Å². The number of amides is 2. The fraction of sp³-hybridized carbons (Fsp3) is 0.0588. The maximum Gasteiger partial charge on any atom is 0.266 e. The molecule has 3 nitrogen and oxygen atoms in total. The maximum absolute atomic E-state index is 12.4. The molecule has 97 valence electrons. The Morgan fingerprint density at radius 2 is 1.65 bits per heavy atom. The molecule has 1 aliphatic rings. The number of fused-ring (bicyclic) bond motifs is 1. The van der Waals surface area contributed by atoms with Gasteiger partial charge in [-0.15, -0.1) is 0 Å². The minimum atomic E-state index is -0.317. The number of hydrogen-bond acceptors (Lipinski definition) is 2. The Labute approximate surface area is 117 Å². The van der Waals surface area contributed by atoms with Crippen molar-refractivity contribution in [3.05, 3.63) is 71.8 Å². The molecule has 0 fully saturated rings. The van der Waals surface area contributed by atoms with E-state index in [2.05, 4.69) is 6.08 Å². The monoisotopic (exact) mass is 262 g/mol. The third kappa shape index (κ3) is 1.93. The zero-order valence-corrected chi connectivity index (χ0v) is 11.0. The van der Waals surface area contributed by atoms with Gasteiger partial charge in [-0.2, -0.15) is 0 Å². The van der Waals surface area contributed by atoms with Crippen molar-refractivity contribution in [1.82, 2.24) is 0 Å². The van der Waals surface area contributed by atoms with Gasteiger partial charge >= 0.3 is 0 Å². The number of benzene rings is 2. The zero-order valence-electron chi connectivity index (χ0n) is 11.0. The molecule has 1 radical (unpaired) electrons. The largest absolute Gasteiger partial charge is 0.274 e. The zero-order chi connectivity index (χ0) is 14.1. The third-order valence-electron chi connectivity index (χ3n) is 3.19. The number of anilines is 1. The molecule has 1 heterocycles. The molecule has 0 spiro atoms. The average molecular weight is 262 g/mol. The number of imide groups is 1. The van der Waals surface area contributed by atoms with Gasteiger partial charge in [0.2, 0.25) is 5.91 Å². The topological polar surface area (TPSA) is 37.4 Å². The number of hydrogen-bond donors (Lipinski definition) is 0. The van der Waals surface area contributed by atoms with Crippen molar-refractivity contribution in [3.8, 4) is 0 Å². The molecule has 0 bridgehead atoms. The molecule has 0 aromatic heterocycles. The van der Waals surface area contributed by atoms with Gasteiger partial charge in [0.1, 0.15) is 0 Å². The summed E-state index contributed by atoms with van der Waals surface area (Å²) >= 11 is 0. The number of rotatable bonds is 1. The summed E-state index contributed by atoms with van der Waals surface area (Å²) in [4.78, 5) is 25.3. The van der Waals surface area contributed by atoms with Gasteiger partial charge in [-0.25, -0.2) is 4.90 Å². The Kier molecular flexibility index (Phi) is 2.95. The van der Waals surface area contributed by atoms with E-state index in [0.29, 0.717) is 11.3 Å². The van der Waals surface area contributed by atoms with Crippen LogP contribution in [-0.2, 0) is 9.59 Å². The predicted octanol–water partition coefficient (Wildman–Crippen LogP) is 2.81. The molecule has 0 unspecified atom stereocenters. The smallest absolute Gasteiger partial charge is 0.266 e. The molecule has 1 aliphatic heterocycles. The Hall–Kier alpha value is -2.68. The SMILES string of the molecule is CC(=O)N1C(=O)C(=[C]c2ccccc2)c2ccccc21. The van der Waals surface area contributed by atoms with Crippen LogP contribution in [0.2, 0.25) is 0 Å². The van der Waals surface area contributed by atoms with E-state index in [0.717, 1.165) is 11.1 Å². The number of carbonyl (C=O) groups is 2. The highest BCUT2D eigenvalue weighted by molar-refractivity contribution is 6.39. The first-order chi connectivity index (χ1) is 9.68. The molecular weight excluding hydrogens is 250 g/mol. The molecule has 0 N–H and O–H groups in total. The lowest BCUT2D eigenvalue weighted by molar-refractivity contribution is -0.122. The van der Waals surface area contributed by atoms with Crippen molar-refractivity contribution < 1.29 is 9.59 Å². The van der Waals surface area contributed by atoms with Gasteiger partial charge in [-0.05, 0) is 11.6 Å². The van der Waals surface area contributed by atoms with Crippen LogP contribution in [0.1, 0.15) is 18.1 Å². The van der Waals surface area contributed by atoms with E-state index in [4.69, 9.17) is 0 Å². The van der Waals surface area contributed by atoms with Crippen LogP contribution < -0.4 is 4.90 Å². The van der Waals surface area contributed by atoms with E-state index in [1.165, 1.54) is 11.8 Å². The van der Waals surface area contributed by atoms with Gasteiger partial charge in [-0.1, -0.05) is 48.5 Å². The summed E-state index contributed by atoms with van der Waals surface area (Å²) in [5, 5.41) is 0. The first-order valence-electron chi connectivity index (χ1n) is 6.32. The highest BCUT2D eigenvalue weighted by Crippen LogP contribution is 2.36. The van der Waals surface area contributed by atoms with Crippen LogP contribution in [-0.4, -0.2) is 11.8 Å². The molecule has 0 atom stereocenters. The van der Waals surface area contributed by atoms with Crippen LogP contribution in [0.4, 0.5) is 5.69 Å². The normalized spacial score (nSPS) is 15.6. The van der Waals surface area contributed by atoms with Crippen LogP contribution in [0.3, 0.4) is 0 Å². The number of nitrogens with zero attached hydrogens (tertiary/aromatic N) is 1. The van der Waals surface area contributed by atoms with Gasteiger partial charge in [0.15, 0.2) is 0 Å². The molecule has 2 amide bonds. The lowest BCUT2D eigenvalue weighted by atomic mass is 10.0. The van der Waals surface area contributed by atoms with Crippen molar-refractivity contribution in [2.24, 2.45) is 0 Å². The minimum Gasteiger partial charge on any atom is -0.274 e. The van der Waals surface area contributed by atoms with Crippen LogP contribution in [0, 0.1) is 6.08 Å². The fourth-order valence-electron chi connectivity index (χ4n) is 2.32. The third-order valence-corrected chi connectivity index (χ3v) is 3.19. The first-order valence-corrected chi connectivity index (χ1v) is 6.32. The predicted molar refractivity (Wildman–Crippen MR) is 76.8 cm³/mol. The van der Waals surface area contributed by atoms with Crippen molar-refractivity contribution in [2.45, 2.75) is 6.92 Å². The summed E-state index contributed by atoms with van der Waals surface area (Å²) < 4.78 is 0. The summed E-state index contributed by atoms with van der Waals surface area (Å²) in [6.07, 6.45) is 3.10. The second-order valence-electron chi connectivity index (χ2n) is 4.54. The van der Waals surface area contributed by atoms with Crippen molar-refractivity contribution in [3.63, 3.8) is 0 Å². The van der Waals surface area contributed by atoms with Crippen molar-refractivity contribution in [2.75, 3.05) is 4.90 Å². The van der Waals surface area contributed by atoms with E-state index < -0.39 is 0 Å². The van der Waals surface area contributed by atoms with E-state index >= 15 is 0 Å². The van der Waals surface area contributed by atoms with Crippen molar-refractivity contribution in [1.29, 1.82) is 0 Å². The second-order valence-corrected chi connectivity index (χ2v) is 4.54. The Morgan fingerprint density at radius 1 is 1.00 bits per heavy atom.